The quantitative estimate of drug-likeness (QED) is 0.700. The van der Waals surface area contributed by atoms with Crippen LogP contribution in [0.2, 0.25) is 0 Å². The number of pyridine rings is 1. The number of fused-ring (bicyclic) bond motifs is 1. The zero-order valence-corrected chi connectivity index (χ0v) is 8.43. The summed E-state index contributed by atoms with van der Waals surface area (Å²) in [6.45, 7) is 2.19. The van der Waals surface area contributed by atoms with E-state index in [1.54, 1.807) is 25.4 Å². The first-order valence-electron chi connectivity index (χ1n) is 4.82. The van der Waals surface area contributed by atoms with Crippen LogP contribution in [0.25, 0.3) is 10.8 Å². The van der Waals surface area contributed by atoms with Crippen molar-refractivity contribution in [2.24, 2.45) is 0 Å². The van der Waals surface area contributed by atoms with Gasteiger partial charge in [-0.3, -0.25) is 4.98 Å². The molecule has 0 unspecified atom stereocenters. The molecule has 0 amide bonds. The highest BCUT2D eigenvalue weighted by atomic mass is 16.5. The summed E-state index contributed by atoms with van der Waals surface area (Å²) in [5, 5.41) is 2.01. The fourth-order valence-electron chi connectivity index (χ4n) is 1.42. The first-order valence-corrected chi connectivity index (χ1v) is 4.82. The Bertz CT molecular complexity index is 494. The monoisotopic (exact) mass is 201 g/mol. The summed E-state index contributed by atoms with van der Waals surface area (Å²) in [7, 11) is 0. The summed E-state index contributed by atoms with van der Waals surface area (Å²) in [5.41, 5.74) is 0.579. The Hall–Kier alpha value is -1.90. The molecule has 2 rings (SSSR count). The van der Waals surface area contributed by atoms with Crippen LogP contribution < -0.4 is 0 Å². The average molecular weight is 201 g/mol. The Morgan fingerprint density at radius 2 is 2.20 bits per heavy atom. The topological polar surface area (TPSA) is 39.2 Å². The van der Waals surface area contributed by atoms with Crippen molar-refractivity contribution in [1.82, 2.24) is 4.98 Å². The third-order valence-electron chi connectivity index (χ3n) is 2.15. The van der Waals surface area contributed by atoms with Gasteiger partial charge in [0.15, 0.2) is 0 Å². The Balaban J connectivity index is 2.42. The van der Waals surface area contributed by atoms with Gasteiger partial charge in [0.25, 0.3) is 0 Å². The second-order valence-electron chi connectivity index (χ2n) is 3.16. The van der Waals surface area contributed by atoms with Crippen LogP contribution >= 0.6 is 0 Å². The molecule has 0 fully saturated rings. The highest BCUT2D eigenvalue weighted by molar-refractivity contribution is 5.95. The molecular weight excluding hydrogens is 190 g/mol. The van der Waals surface area contributed by atoms with Crippen LogP contribution in [0.4, 0.5) is 0 Å². The Morgan fingerprint density at radius 1 is 1.33 bits per heavy atom. The summed E-state index contributed by atoms with van der Waals surface area (Å²) in [6.07, 6.45) is 3.47. The van der Waals surface area contributed by atoms with Crippen LogP contribution in [-0.4, -0.2) is 17.6 Å². The number of hydrogen-bond acceptors (Lipinski definition) is 3. The molecular formula is C12H11NO2. The highest BCUT2D eigenvalue weighted by Crippen LogP contribution is 2.14. The van der Waals surface area contributed by atoms with E-state index in [1.807, 2.05) is 18.2 Å². The molecule has 3 heteroatoms. The second-order valence-corrected chi connectivity index (χ2v) is 3.16. The molecule has 1 aromatic carbocycles. The van der Waals surface area contributed by atoms with E-state index in [9.17, 15) is 4.79 Å². The standard InChI is InChI=1S/C12H11NO2/c1-2-15-12(14)10-3-4-11-8-13-6-5-9(11)7-10/h3-8H,2H2,1H3. The maximum atomic E-state index is 11.5. The van der Waals surface area contributed by atoms with Gasteiger partial charge in [-0.1, -0.05) is 6.07 Å². The molecule has 15 heavy (non-hydrogen) atoms. The minimum atomic E-state index is -0.281. The van der Waals surface area contributed by atoms with Gasteiger partial charge in [-0.2, -0.15) is 0 Å². The fraction of sp³-hybridized carbons (Fsp3) is 0.167. The smallest absolute Gasteiger partial charge is 0.338 e. The lowest BCUT2D eigenvalue weighted by Crippen LogP contribution is -2.04. The number of hydrogen-bond donors (Lipinski definition) is 0. The number of ether oxygens (including phenoxy) is 1. The molecule has 0 aliphatic heterocycles. The van der Waals surface area contributed by atoms with E-state index in [0.29, 0.717) is 12.2 Å². The van der Waals surface area contributed by atoms with Crippen molar-refractivity contribution in [3.63, 3.8) is 0 Å². The van der Waals surface area contributed by atoms with Crippen LogP contribution in [-0.2, 0) is 4.74 Å². The average Bonchev–Trinajstić information content (AvgIpc) is 2.29. The highest BCUT2D eigenvalue weighted by Gasteiger charge is 2.06. The maximum Gasteiger partial charge on any atom is 0.338 e. The van der Waals surface area contributed by atoms with E-state index in [-0.39, 0.29) is 5.97 Å². The van der Waals surface area contributed by atoms with Crippen molar-refractivity contribution >= 4 is 16.7 Å². The number of esters is 1. The third-order valence-corrected chi connectivity index (χ3v) is 2.15. The van der Waals surface area contributed by atoms with Crippen molar-refractivity contribution in [2.75, 3.05) is 6.61 Å². The van der Waals surface area contributed by atoms with Gasteiger partial charge in [-0.05, 0) is 30.5 Å². The summed E-state index contributed by atoms with van der Waals surface area (Å²) in [4.78, 5) is 15.5. The minimum absolute atomic E-state index is 0.281. The Morgan fingerprint density at radius 3 is 3.00 bits per heavy atom. The number of aromatic nitrogens is 1. The van der Waals surface area contributed by atoms with E-state index in [2.05, 4.69) is 4.98 Å². The van der Waals surface area contributed by atoms with Gasteiger partial charge in [0.05, 0.1) is 12.2 Å². The lowest BCUT2D eigenvalue weighted by atomic mass is 10.1. The normalized spacial score (nSPS) is 10.2. The fourth-order valence-corrected chi connectivity index (χ4v) is 1.42. The van der Waals surface area contributed by atoms with Gasteiger partial charge in [-0.25, -0.2) is 4.79 Å². The molecule has 0 radical (unpaired) electrons. The number of carbonyl (C=O) groups is 1. The van der Waals surface area contributed by atoms with Crippen molar-refractivity contribution in [2.45, 2.75) is 6.92 Å². The predicted molar refractivity (Wildman–Crippen MR) is 57.7 cm³/mol. The number of carbonyl (C=O) groups excluding carboxylic acids is 1. The van der Waals surface area contributed by atoms with E-state index < -0.39 is 0 Å². The zero-order valence-electron chi connectivity index (χ0n) is 8.43. The molecule has 0 spiro atoms. The van der Waals surface area contributed by atoms with Crippen LogP contribution in [0, 0.1) is 0 Å². The summed E-state index contributed by atoms with van der Waals surface area (Å²) >= 11 is 0. The zero-order chi connectivity index (χ0) is 10.7. The molecule has 1 heterocycles. The van der Waals surface area contributed by atoms with Crippen LogP contribution in [0.5, 0.6) is 0 Å². The van der Waals surface area contributed by atoms with Gasteiger partial charge in [0, 0.05) is 17.8 Å². The third kappa shape index (κ3) is 1.96. The Labute approximate surface area is 87.7 Å². The molecule has 1 aromatic heterocycles. The van der Waals surface area contributed by atoms with Gasteiger partial charge >= 0.3 is 5.97 Å². The van der Waals surface area contributed by atoms with Crippen LogP contribution in [0.15, 0.2) is 36.7 Å². The van der Waals surface area contributed by atoms with Crippen LogP contribution in [0.1, 0.15) is 17.3 Å². The molecule has 76 valence electrons. The van der Waals surface area contributed by atoms with Crippen LogP contribution in [0.3, 0.4) is 0 Å². The molecule has 0 N–H and O–H groups in total. The summed E-state index contributed by atoms with van der Waals surface area (Å²) in [5.74, 6) is -0.281. The minimum Gasteiger partial charge on any atom is -0.462 e. The summed E-state index contributed by atoms with van der Waals surface area (Å²) < 4.78 is 4.92. The molecule has 0 aliphatic rings. The summed E-state index contributed by atoms with van der Waals surface area (Å²) in [6, 6.07) is 7.31. The van der Waals surface area contributed by atoms with E-state index in [1.165, 1.54) is 0 Å². The van der Waals surface area contributed by atoms with Crippen molar-refractivity contribution in [3.8, 4) is 0 Å². The molecule has 0 aliphatic carbocycles. The van der Waals surface area contributed by atoms with Gasteiger partial charge < -0.3 is 4.74 Å². The predicted octanol–water partition coefficient (Wildman–Crippen LogP) is 2.41. The van der Waals surface area contributed by atoms with Gasteiger partial charge in [0.1, 0.15) is 0 Å². The molecule has 0 atom stereocenters. The van der Waals surface area contributed by atoms with Crippen molar-refractivity contribution in [1.29, 1.82) is 0 Å². The number of rotatable bonds is 2. The molecule has 0 saturated heterocycles. The largest absolute Gasteiger partial charge is 0.462 e. The molecule has 2 aromatic rings. The van der Waals surface area contributed by atoms with Gasteiger partial charge in [-0.15, -0.1) is 0 Å². The molecule has 0 saturated carbocycles. The Kier molecular flexibility index (Phi) is 2.63. The van der Waals surface area contributed by atoms with Gasteiger partial charge in [0.2, 0.25) is 0 Å². The number of nitrogens with zero attached hydrogens (tertiary/aromatic N) is 1. The first kappa shape index (κ1) is 9.65. The second kappa shape index (κ2) is 4.09. The molecule has 0 bridgehead atoms. The van der Waals surface area contributed by atoms with E-state index in [4.69, 9.17) is 4.74 Å². The van der Waals surface area contributed by atoms with Crippen molar-refractivity contribution < 1.29 is 9.53 Å². The van der Waals surface area contributed by atoms with E-state index >= 15 is 0 Å². The maximum absolute atomic E-state index is 11.5. The number of benzene rings is 1. The first-order chi connectivity index (χ1) is 7.31. The lowest BCUT2D eigenvalue weighted by molar-refractivity contribution is 0.0526. The SMILES string of the molecule is CCOC(=O)c1ccc2cnccc2c1. The van der Waals surface area contributed by atoms with Crippen molar-refractivity contribution in [3.05, 3.63) is 42.2 Å². The molecule has 3 nitrogen and oxygen atoms in total. The lowest BCUT2D eigenvalue weighted by Gasteiger charge is -2.02. The van der Waals surface area contributed by atoms with E-state index in [0.717, 1.165) is 10.8 Å².